The molecule has 0 saturated heterocycles. The van der Waals surface area contributed by atoms with E-state index in [-0.39, 0.29) is 6.10 Å². The third-order valence-electron chi connectivity index (χ3n) is 2.26. The van der Waals surface area contributed by atoms with Gasteiger partial charge in [0, 0.05) is 6.42 Å². The van der Waals surface area contributed by atoms with Crippen molar-refractivity contribution in [3.05, 3.63) is 0 Å². The van der Waals surface area contributed by atoms with Gasteiger partial charge in [-0.15, -0.1) is 5.92 Å². The van der Waals surface area contributed by atoms with Crippen molar-refractivity contribution in [2.24, 2.45) is 0 Å². The summed E-state index contributed by atoms with van der Waals surface area (Å²) in [5, 5.41) is 9.46. The Hall–Kier alpha value is -0.480. The van der Waals surface area contributed by atoms with Crippen LogP contribution in [0.3, 0.4) is 0 Å². The molecule has 0 radical (unpaired) electrons. The minimum Gasteiger partial charge on any atom is -0.380 e. The number of hydrogen-bond donors (Lipinski definition) is 1. The molecule has 0 aromatic carbocycles. The largest absolute Gasteiger partial charge is 0.380 e. The van der Waals surface area contributed by atoms with Crippen LogP contribution in [0.2, 0.25) is 0 Å². The van der Waals surface area contributed by atoms with Gasteiger partial charge in [0.1, 0.15) is 6.10 Å². The lowest BCUT2D eigenvalue weighted by molar-refractivity contribution is 0.217. The molecule has 0 amide bonds. The highest BCUT2D eigenvalue weighted by Crippen LogP contribution is 2.02. The van der Waals surface area contributed by atoms with Gasteiger partial charge < -0.3 is 5.11 Å². The van der Waals surface area contributed by atoms with Gasteiger partial charge in [0.15, 0.2) is 0 Å². The van der Waals surface area contributed by atoms with Crippen LogP contribution in [0.1, 0.15) is 65.2 Å². The number of aliphatic hydroxyl groups is 1. The number of hydrogen-bond acceptors (Lipinski definition) is 1. The summed E-state index contributed by atoms with van der Waals surface area (Å²) in [6.07, 6.45) is 8.56. The fourth-order valence-corrected chi connectivity index (χ4v) is 1.31. The van der Waals surface area contributed by atoms with Crippen molar-refractivity contribution in [1.29, 1.82) is 0 Å². The Morgan fingerprint density at radius 3 is 2.29 bits per heavy atom. The molecule has 1 heteroatoms. The Labute approximate surface area is 88.9 Å². The molecule has 0 aromatic rings. The van der Waals surface area contributed by atoms with E-state index in [2.05, 4.69) is 25.7 Å². The first kappa shape index (κ1) is 13.5. The van der Waals surface area contributed by atoms with Crippen molar-refractivity contribution in [3.8, 4) is 11.8 Å². The number of rotatable bonds is 7. The summed E-state index contributed by atoms with van der Waals surface area (Å²) in [6, 6.07) is 0. The molecule has 0 saturated carbocycles. The van der Waals surface area contributed by atoms with Gasteiger partial charge in [-0.1, -0.05) is 45.5 Å². The summed E-state index contributed by atoms with van der Waals surface area (Å²) in [7, 11) is 0. The standard InChI is InChI=1S/C13H24O/c1-3-5-7-8-10-12-13(14)11-9-6-4-2/h13-14H,3-9,11H2,1-2H3. The van der Waals surface area contributed by atoms with E-state index < -0.39 is 0 Å². The third kappa shape index (κ3) is 9.61. The molecule has 0 aliphatic rings. The van der Waals surface area contributed by atoms with Crippen LogP contribution in [0.25, 0.3) is 0 Å². The van der Waals surface area contributed by atoms with Crippen LogP contribution < -0.4 is 0 Å². The Bertz CT molecular complexity index is 164. The average molecular weight is 196 g/mol. The minimum absolute atomic E-state index is 0.386. The Balaban J connectivity index is 3.34. The van der Waals surface area contributed by atoms with E-state index in [1.165, 1.54) is 32.1 Å². The quantitative estimate of drug-likeness (QED) is 0.488. The lowest BCUT2D eigenvalue weighted by Crippen LogP contribution is -2.01. The van der Waals surface area contributed by atoms with E-state index in [0.29, 0.717) is 0 Å². The van der Waals surface area contributed by atoms with E-state index in [9.17, 15) is 5.11 Å². The molecule has 0 spiro atoms. The van der Waals surface area contributed by atoms with Gasteiger partial charge in [0.2, 0.25) is 0 Å². The van der Waals surface area contributed by atoms with Crippen LogP contribution in [0.15, 0.2) is 0 Å². The molecule has 0 heterocycles. The maximum atomic E-state index is 9.46. The number of unbranched alkanes of at least 4 members (excludes halogenated alkanes) is 5. The molecule has 0 aliphatic heterocycles. The van der Waals surface area contributed by atoms with Crippen molar-refractivity contribution >= 4 is 0 Å². The molecular weight excluding hydrogens is 172 g/mol. The van der Waals surface area contributed by atoms with E-state index >= 15 is 0 Å². The van der Waals surface area contributed by atoms with Crippen molar-refractivity contribution in [1.82, 2.24) is 0 Å². The first-order valence-electron chi connectivity index (χ1n) is 5.97. The molecule has 1 atom stereocenters. The van der Waals surface area contributed by atoms with Crippen LogP contribution in [-0.2, 0) is 0 Å². The number of aliphatic hydroxyl groups excluding tert-OH is 1. The van der Waals surface area contributed by atoms with Crippen LogP contribution in [0.4, 0.5) is 0 Å². The fraction of sp³-hybridized carbons (Fsp3) is 0.846. The first-order chi connectivity index (χ1) is 6.81. The second kappa shape index (κ2) is 10.6. The van der Waals surface area contributed by atoms with E-state index in [0.717, 1.165) is 19.3 Å². The van der Waals surface area contributed by atoms with Gasteiger partial charge in [-0.25, -0.2) is 0 Å². The Kier molecular flexibility index (Phi) is 10.2. The molecule has 1 unspecified atom stereocenters. The average Bonchev–Trinajstić information content (AvgIpc) is 2.18. The van der Waals surface area contributed by atoms with Crippen molar-refractivity contribution in [2.45, 2.75) is 71.3 Å². The molecule has 14 heavy (non-hydrogen) atoms. The summed E-state index contributed by atoms with van der Waals surface area (Å²) < 4.78 is 0. The molecule has 0 bridgehead atoms. The topological polar surface area (TPSA) is 20.2 Å². The summed E-state index contributed by atoms with van der Waals surface area (Å²) in [5.41, 5.74) is 0. The lowest BCUT2D eigenvalue weighted by atomic mass is 10.1. The Morgan fingerprint density at radius 2 is 1.64 bits per heavy atom. The Morgan fingerprint density at radius 1 is 1.00 bits per heavy atom. The lowest BCUT2D eigenvalue weighted by Gasteiger charge is -2.01. The van der Waals surface area contributed by atoms with Gasteiger partial charge in [0.25, 0.3) is 0 Å². The van der Waals surface area contributed by atoms with Crippen LogP contribution in [-0.4, -0.2) is 11.2 Å². The predicted octanol–water partition coefficient (Wildman–Crippen LogP) is 3.51. The predicted molar refractivity (Wildman–Crippen MR) is 62.1 cm³/mol. The minimum atomic E-state index is -0.386. The summed E-state index contributed by atoms with van der Waals surface area (Å²) in [4.78, 5) is 0. The van der Waals surface area contributed by atoms with Gasteiger partial charge in [0.05, 0.1) is 0 Å². The SMILES string of the molecule is CCCCCC#CC(O)CCCCC. The summed E-state index contributed by atoms with van der Waals surface area (Å²) >= 11 is 0. The third-order valence-corrected chi connectivity index (χ3v) is 2.26. The monoisotopic (exact) mass is 196 g/mol. The zero-order valence-corrected chi connectivity index (χ0v) is 9.68. The maximum absolute atomic E-state index is 9.46. The van der Waals surface area contributed by atoms with Crippen LogP contribution in [0, 0.1) is 11.8 Å². The molecule has 1 N–H and O–H groups in total. The highest BCUT2D eigenvalue weighted by atomic mass is 16.3. The first-order valence-corrected chi connectivity index (χ1v) is 5.97. The van der Waals surface area contributed by atoms with Gasteiger partial charge >= 0.3 is 0 Å². The second-order valence-electron chi connectivity index (χ2n) is 3.79. The van der Waals surface area contributed by atoms with Gasteiger partial charge in [-0.05, 0) is 19.3 Å². The molecule has 82 valence electrons. The van der Waals surface area contributed by atoms with Crippen molar-refractivity contribution in [3.63, 3.8) is 0 Å². The zero-order valence-electron chi connectivity index (χ0n) is 9.68. The highest BCUT2D eigenvalue weighted by molar-refractivity contribution is 5.04. The van der Waals surface area contributed by atoms with Crippen molar-refractivity contribution in [2.75, 3.05) is 0 Å². The molecule has 0 rings (SSSR count). The van der Waals surface area contributed by atoms with Crippen LogP contribution >= 0.6 is 0 Å². The van der Waals surface area contributed by atoms with Crippen LogP contribution in [0.5, 0.6) is 0 Å². The molecular formula is C13H24O. The zero-order chi connectivity index (χ0) is 10.6. The van der Waals surface area contributed by atoms with E-state index in [1.807, 2.05) is 0 Å². The fourth-order valence-electron chi connectivity index (χ4n) is 1.31. The molecule has 0 aromatic heterocycles. The van der Waals surface area contributed by atoms with Crippen molar-refractivity contribution < 1.29 is 5.11 Å². The molecule has 1 nitrogen and oxygen atoms in total. The second-order valence-corrected chi connectivity index (χ2v) is 3.79. The summed E-state index contributed by atoms with van der Waals surface area (Å²) in [5.74, 6) is 5.95. The van der Waals surface area contributed by atoms with Gasteiger partial charge in [-0.2, -0.15) is 0 Å². The summed E-state index contributed by atoms with van der Waals surface area (Å²) in [6.45, 7) is 4.36. The maximum Gasteiger partial charge on any atom is 0.114 e. The normalized spacial score (nSPS) is 11.9. The smallest absolute Gasteiger partial charge is 0.114 e. The highest BCUT2D eigenvalue weighted by Gasteiger charge is 1.96. The molecule has 0 aliphatic carbocycles. The molecule has 0 fully saturated rings. The van der Waals surface area contributed by atoms with E-state index in [1.54, 1.807) is 0 Å². The van der Waals surface area contributed by atoms with Gasteiger partial charge in [-0.3, -0.25) is 0 Å². The van der Waals surface area contributed by atoms with E-state index in [4.69, 9.17) is 0 Å².